The van der Waals surface area contributed by atoms with Gasteiger partial charge in [-0.1, -0.05) is 30.3 Å². The molecule has 0 unspecified atom stereocenters. The lowest BCUT2D eigenvalue weighted by molar-refractivity contribution is 0.0695. The molecule has 1 aliphatic carbocycles. The average molecular weight is 425 g/mol. The molecule has 162 valence electrons. The molecule has 1 heterocycles. The zero-order chi connectivity index (χ0) is 22.1. The number of carboxylic acids is 1. The molecular formula is C23H24FN3O4. The minimum Gasteiger partial charge on any atom is -0.489 e. The van der Waals surface area contributed by atoms with Crippen molar-refractivity contribution in [2.75, 3.05) is 18.9 Å². The second-order valence-corrected chi connectivity index (χ2v) is 7.62. The van der Waals surface area contributed by atoms with Gasteiger partial charge in [0.05, 0.1) is 16.6 Å². The topological polar surface area (TPSA) is 107 Å². The number of nitrogens with one attached hydrogen (secondary N) is 1. The number of nitrogens with zero attached hydrogens (tertiary/aromatic N) is 1. The maximum atomic E-state index is 14.8. The summed E-state index contributed by atoms with van der Waals surface area (Å²) in [7, 11) is 0. The first-order valence-corrected chi connectivity index (χ1v) is 10.2. The number of carboxylic acid groups (broad SMARTS) is 1. The van der Waals surface area contributed by atoms with Gasteiger partial charge in [0.1, 0.15) is 12.2 Å². The molecule has 0 aliphatic heterocycles. The number of benzene rings is 2. The summed E-state index contributed by atoms with van der Waals surface area (Å²) in [5.74, 6) is -1.82. The third kappa shape index (κ3) is 3.98. The summed E-state index contributed by atoms with van der Waals surface area (Å²) in [6.07, 6.45) is 2.29. The van der Waals surface area contributed by atoms with E-state index in [2.05, 4.69) is 17.4 Å². The molecule has 0 amide bonds. The summed E-state index contributed by atoms with van der Waals surface area (Å²) in [4.78, 5) is 23.9. The van der Waals surface area contributed by atoms with Gasteiger partial charge >= 0.3 is 5.97 Å². The molecule has 1 fully saturated rings. The van der Waals surface area contributed by atoms with Crippen LogP contribution in [0.2, 0.25) is 0 Å². The van der Waals surface area contributed by atoms with Gasteiger partial charge in [-0.05, 0) is 18.9 Å². The van der Waals surface area contributed by atoms with Gasteiger partial charge in [0.15, 0.2) is 11.6 Å². The Bertz CT molecular complexity index is 1190. The molecule has 7 nitrogen and oxygen atoms in total. The van der Waals surface area contributed by atoms with Crippen LogP contribution in [-0.2, 0) is 6.54 Å². The Balaban J connectivity index is 1.48. The highest BCUT2D eigenvalue weighted by molar-refractivity contribution is 5.98. The number of aromatic carboxylic acids is 1. The number of carbonyl (C=O) groups is 1. The average Bonchev–Trinajstić information content (AvgIpc) is 3.54. The summed E-state index contributed by atoms with van der Waals surface area (Å²) in [5.41, 5.74) is 5.86. The van der Waals surface area contributed by atoms with Crippen LogP contribution in [0.15, 0.2) is 47.4 Å². The molecule has 1 aromatic heterocycles. The van der Waals surface area contributed by atoms with Crippen LogP contribution in [-0.4, -0.2) is 34.8 Å². The van der Waals surface area contributed by atoms with E-state index in [1.807, 2.05) is 18.2 Å². The fourth-order valence-corrected chi connectivity index (χ4v) is 3.94. The fourth-order valence-electron chi connectivity index (χ4n) is 3.94. The summed E-state index contributed by atoms with van der Waals surface area (Å²) in [5, 5.41) is 12.5. The minimum atomic E-state index is -1.38. The monoisotopic (exact) mass is 425 g/mol. The Kier molecular flexibility index (Phi) is 5.65. The molecule has 0 saturated heterocycles. The van der Waals surface area contributed by atoms with Crippen molar-refractivity contribution < 1.29 is 19.0 Å². The first-order chi connectivity index (χ1) is 14.9. The van der Waals surface area contributed by atoms with Crippen LogP contribution in [0.3, 0.4) is 0 Å². The van der Waals surface area contributed by atoms with Gasteiger partial charge in [-0.2, -0.15) is 0 Å². The summed E-state index contributed by atoms with van der Waals surface area (Å²) < 4.78 is 22.0. The third-order valence-corrected chi connectivity index (χ3v) is 5.67. The van der Waals surface area contributed by atoms with Crippen LogP contribution in [0.1, 0.15) is 35.2 Å². The van der Waals surface area contributed by atoms with E-state index in [-0.39, 0.29) is 17.7 Å². The summed E-state index contributed by atoms with van der Waals surface area (Å²) in [6, 6.07) is 12.0. The van der Waals surface area contributed by atoms with E-state index in [0.717, 1.165) is 6.42 Å². The summed E-state index contributed by atoms with van der Waals surface area (Å²) >= 11 is 0. The number of nitrogens with two attached hydrogens (primary N) is 1. The van der Waals surface area contributed by atoms with Crippen molar-refractivity contribution in [1.82, 2.24) is 9.88 Å². The molecule has 3 aromatic rings. The Morgan fingerprint density at radius 2 is 2.10 bits per heavy atom. The van der Waals surface area contributed by atoms with Crippen molar-refractivity contribution in [3.05, 3.63) is 69.8 Å². The molecule has 4 rings (SSSR count). The fraction of sp³-hybridized carbons (Fsp3) is 0.304. The molecular weight excluding hydrogens is 401 g/mol. The zero-order valence-electron chi connectivity index (χ0n) is 17.1. The van der Waals surface area contributed by atoms with Gasteiger partial charge in [0, 0.05) is 37.3 Å². The maximum absolute atomic E-state index is 14.8. The number of pyridine rings is 1. The van der Waals surface area contributed by atoms with Crippen molar-refractivity contribution in [2.24, 2.45) is 0 Å². The first kappa shape index (κ1) is 20.9. The number of hydrogen-bond acceptors (Lipinski definition) is 5. The predicted octanol–water partition coefficient (Wildman–Crippen LogP) is 2.97. The highest BCUT2D eigenvalue weighted by atomic mass is 19.1. The van der Waals surface area contributed by atoms with Gasteiger partial charge < -0.3 is 25.5 Å². The Labute approximate surface area is 178 Å². The van der Waals surface area contributed by atoms with Gasteiger partial charge in [-0.15, -0.1) is 0 Å². The maximum Gasteiger partial charge on any atom is 0.341 e. The van der Waals surface area contributed by atoms with Crippen molar-refractivity contribution in [3.8, 4) is 5.75 Å². The van der Waals surface area contributed by atoms with Crippen LogP contribution in [0.25, 0.3) is 10.9 Å². The number of hydrogen-bond donors (Lipinski definition) is 3. The second kappa shape index (κ2) is 8.39. The predicted molar refractivity (Wildman–Crippen MR) is 116 cm³/mol. The largest absolute Gasteiger partial charge is 0.489 e. The Morgan fingerprint density at radius 1 is 1.35 bits per heavy atom. The SMILES string of the molecule is CCn1cc(C(=O)O)c(=O)c2c(N)c(F)c(OCCN[C@@H]3C[C@H]3c3ccccc3)cc21. The van der Waals surface area contributed by atoms with Crippen LogP contribution in [0.5, 0.6) is 5.75 Å². The lowest BCUT2D eigenvalue weighted by atomic mass is 10.1. The molecule has 8 heteroatoms. The number of halogens is 1. The normalized spacial score (nSPS) is 17.6. The lowest BCUT2D eigenvalue weighted by Gasteiger charge is -2.15. The number of ether oxygens (including phenoxy) is 1. The molecule has 2 atom stereocenters. The molecule has 4 N–H and O–H groups in total. The third-order valence-electron chi connectivity index (χ3n) is 5.67. The smallest absolute Gasteiger partial charge is 0.341 e. The number of rotatable bonds is 8. The van der Waals surface area contributed by atoms with Gasteiger partial charge in [0.2, 0.25) is 5.43 Å². The highest BCUT2D eigenvalue weighted by Gasteiger charge is 2.37. The number of aromatic nitrogens is 1. The molecule has 0 radical (unpaired) electrons. The number of anilines is 1. The Morgan fingerprint density at radius 3 is 2.77 bits per heavy atom. The molecule has 1 aliphatic rings. The van der Waals surface area contributed by atoms with Crippen LogP contribution >= 0.6 is 0 Å². The highest BCUT2D eigenvalue weighted by Crippen LogP contribution is 2.40. The second-order valence-electron chi connectivity index (χ2n) is 7.62. The molecule has 0 spiro atoms. The van der Waals surface area contributed by atoms with E-state index in [4.69, 9.17) is 10.5 Å². The van der Waals surface area contributed by atoms with E-state index in [9.17, 15) is 19.1 Å². The van der Waals surface area contributed by atoms with E-state index in [1.54, 1.807) is 11.5 Å². The quantitative estimate of drug-likeness (QED) is 0.378. The van der Waals surface area contributed by atoms with Gasteiger partial charge in [-0.25, -0.2) is 9.18 Å². The molecule has 0 bridgehead atoms. The van der Waals surface area contributed by atoms with Crippen molar-refractivity contribution in [2.45, 2.75) is 31.8 Å². The van der Waals surface area contributed by atoms with E-state index < -0.39 is 28.5 Å². The van der Waals surface area contributed by atoms with E-state index in [1.165, 1.54) is 17.8 Å². The van der Waals surface area contributed by atoms with Crippen LogP contribution in [0.4, 0.5) is 10.1 Å². The molecule has 1 saturated carbocycles. The van der Waals surface area contributed by atoms with E-state index >= 15 is 0 Å². The number of nitrogen functional groups attached to an aromatic ring is 1. The number of fused-ring (bicyclic) bond motifs is 1. The lowest BCUT2D eigenvalue weighted by Crippen LogP contribution is -2.24. The minimum absolute atomic E-state index is 0.0631. The van der Waals surface area contributed by atoms with Crippen molar-refractivity contribution in [1.29, 1.82) is 0 Å². The summed E-state index contributed by atoms with van der Waals surface area (Å²) in [6.45, 7) is 2.93. The van der Waals surface area contributed by atoms with Crippen LogP contribution in [0, 0.1) is 5.82 Å². The Hall–Kier alpha value is -3.39. The van der Waals surface area contributed by atoms with Gasteiger partial charge in [-0.3, -0.25) is 4.79 Å². The van der Waals surface area contributed by atoms with Crippen molar-refractivity contribution >= 4 is 22.6 Å². The van der Waals surface area contributed by atoms with Gasteiger partial charge in [0.25, 0.3) is 0 Å². The number of aryl methyl sites for hydroxylation is 1. The molecule has 2 aromatic carbocycles. The first-order valence-electron chi connectivity index (χ1n) is 10.2. The zero-order valence-corrected chi connectivity index (χ0v) is 17.1. The van der Waals surface area contributed by atoms with E-state index in [0.29, 0.717) is 30.6 Å². The standard InChI is InChI=1S/C23H24FN3O4/c1-2-27-12-15(23(29)30)22(28)19-17(27)11-18(20(24)21(19)25)31-9-8-26-16-10-14(16)13-6-4-3-5-7-13/h3-7,11-12,14,16,26H,2,8-10,25H2,1H3,(H,29,30)/t14-,16+/m0/s1. The van der Waals surface area contributed by atoms with Crippen molar-refractivity contribution in [3.63, 3.8) is 0 Å². The molecule has 31 heavy (non-hydrogen) atoms. The van der Waals surface area contributed by atoms with Crippen LogP contribution < -0.4 is 21.2 Å².